The van der Waals surface area contributed by atoms with Crippen molar-refractivity contribution in [1.29, 1.82) is 0 Å². The second kappa shape index (κ2) is 5.53. The molecule has 1 unspecified atom stereocenters. The topological polar surface area (TPSA) is 67.2 Å². The lowest BCUT2D eigenvalue weighted by molar-refractivity contribution is -0.113. The molecule has 1 amide bonds. The number of hydrogen-bond donors (Lipinski definition) is 3. The Bertz CT molecular complexity index is 422. The minimum atomic E-state index is -0.0379. The molecule has 0 radical (unpaired) electrons. The first-order chi connectivity index (χ1) is 8.20. The SMILES string of the molecule is CCNCC(N)c1ccc2c(c1)NC(=O)CS2. The molecular weight excluding hydrogens is 234 g/mol. The van der Waals surface area contributed by atoms with Crippen LogP contribution in [0.25, 0.3) is 0 Å². The third-order valence-corrected chi connectivity index (χ3v) is 3.75. The van der Waals surface area contributed by atoms with Gasteiger partial charge in [0, 0.05) is 17.5 Å². The number of fused-ring (bicyclic) bond motifs is 1. The minimum Gasteiger partial charge on any atom is -0.324 e. The molecule has 1 aromatic carbocycles. The summed E-state index contributed by atoms with van der Waals surface area (Å²) in [7, 11) is 0. The van der Waals surface area contributed by atoms with Crippen LogP contribution in [-0.2, 0) is 4.79 Å². The van der Waals surface area contributed by atoms with E-state index in [1.807, 2.05) is 18.2 Å². The first kappa shape index (κ1) is 12.4. The van der Waals surface area contributed by atoms with Crippen molar-refractivity contribution in [1.82, 2.24) is 5.32 Å². The highest BCUT2D eigenvalue weighted by atomic mass is 32.2. The molecule has 92 valence electrons. The molecule has 0 saturated heterocycles. The van der Waals surface area contributed by atoms with Crippen LogP contribution in [0.5, 0.6) is 0 Å². The number of benzene rings is 1. The van der Waals surface area contributed by atoms with E-state index in [9.17, 15) is 4.79 Å². The van der Waals surface area contributed by atoms with Gasteiger partial charge in [-0.1, -0.05) is 13.0 Å². The number of carbonyl (C=O) groups is 1. The van der Waals surface area contributed by atoms with Gasteiger partial charge in [0.05, 0.1) is 11.4 Å². The van der Waals surface area contributed by atoms with Crippen molar-refractivity contribution in [2.24, 2.45) is 5.73 Å². The van der Waals surface area contributed by atoms with Crippen molar-refractivity contribution in [2.45, 2.75) is 17.9 Å². The second-order valence-electron chi connectivity index (χ2n) is 4.01. The zero-order chi connectivity index (χ0) is 12.3. The molecule has 17 heavy (non-hydrogen) atoms. The van der Waals surface area contributed by atoms with Gasteiger partial charge in [0.15, 0.2) is 0 Å². The number of amides is 1. The maximum Gasteiger partial charge on any atom is 0.234 e. The van der Waals surface area contributed by atoms with Crippen LogP contribution in [0.3, 0.4) is 0 Å². The van der Waals surface area contributed by atoms with Crippen LogP contribution in [0.4, 0.5) is 5.69 Å². The number of rotatable bonds is 4. The molecule has 5 heteroatoms. The Hall–Kier alpha value is -1.04. The molecule has 1 aliphatic heterocycles. The molecule has 0 saturated carbocycles. The van der Waals surface area contributed by atoms with E-state index in [0.717, 1.165) is 29.2 Å². The van der Waals surface area contributed by atoms with Gasteiger partial charge in [-0.15, -0.1) is 11.8 Å². The number of anilines is 1. The summed E-state index contributed by atoms with van der Waals surface area (Å²) in [4.78, 5) is 12.4. The van der Waals surface area contributed by atoms with Gasteiger partial charge in [-0.25, -0.2) is 0 Å². The molecule has 4 N–H and O–H groups in total. The molecule has 0 spiro atoms. The van der Waals surface area contributed by atoms with Gasteiger partial charge in [0.25, 0.3) is 0 Å². The van der Waals surface area contributed by atoms with E-state index in [1.165, 1.54) is 0 Å². The van der Waals surface area contributed by atoms with Crippen LogP contribution in [0, 0.1) is 0 Å². The molecule has 0 aromatic heterocycles. The summed E-state index contributed by atoms with van der Waals surface area (Å²) < 4.78 is 0. The van der Waals surface area contributed by atoms with Crippen molar-refractivity contribution in [3.05, 3.63) is 23.8 Å². The Morgan fingerprint density at radius 1 is 1.59 bits per heavy atom. The van der Waals surface area contributed by atoms with E-state index in [0.29, 0.717) is 5.75 Å². The fourth-order valence-electron chi connectivity index (χ4n) is 1.75. The van der Waals surface area contributed by atoms with Crippen molar-refractivity contribution in [2.75, 3.05) is 24.2 Å². The Kier molecular flexibility index (Phi) is 4.04. The monoisotopic (exact) mass is 251 g/mol. The lowest BCUT2D eigenvalue weighted by Crippen LogP contribution is -2.27. The zero-order valence-electron chi connectivity index (χ0n) is 9.82. The third kappa shape index (κ3) is 3.00. The average Bonchev–Trinajstić information content (AvgIpc) is 2.35. The standard InChI is InChI=1S/C12H17N3OS/c1-2-14-6-9(13)8-3-4-11-10(5-8)15-12(16)7-17-11/h3-5,9,14H,2,6-7,13H2,1H3,(H,15,16). The quantitative estimate of drug-likeness (QED) is 0.755. The Balaban J connectivity index is 2.14. The lowest BCUT2D eigenvalue weighted by atomic mass is 10.1. The third-order valence-electron chi connectivity index (χ3n) is 2.68. The molecule has 1 aromatic rings. The Labute approximate surface area is 105 Å². The maximum atomic E-state index is 11.3. The normalized spacial score (nSPS) is 16.2. The molecular formula is C12H17N3OS. The molecule has 4 nitrogen and oxygen atoms in total. The summed E-state index contributed by atoms with van der Waals surface area (Å²) in [6.07, 6.45) is 0. The van der Waals surface area contributed by atoms with Crippen molar-refractivity contribution >= 4 is 23.4 Å². The molecule has 0 fully saturated rings. The minimum absolute atomic E-state index is 0.0379. The average molecular weight is 251 g/mol. The second-order valence-corrected chi connectivity index (χ2v) is 5.02. The highest BCUT2D eigenvalue weighted by Gasteiger charge is 2.16. The van der Waals surface area contributed by atoms with E-state index >= 15 is 0 Å². The van der Waals surface area contributed by atoms with Gasteiger partial charge in [-0.3, -0.25) is 4.79 Å². The zero-order valence-corrected chi connectivity index (χ0v) is 10.6. The van der Waals surface area contributed by atoms with E-state index < -0.39 is 0 Å². The first-order valence-corrected chi connectivity index (χ1v) is 6.72. The molecule has 1 atom stereocenters. The van der Waals surface area contributed by atoms with Crippen molar-refractivity contribution < 1.29 is 4.79 Å². The van der Waals surface area contributed by atoms with Crippen LogP contribution < -0.4 is 16.4 Å². The first-order valence-electron chi connectivity index (χ1n) is 5.73. The number of hydrogen-bond acceptors (Lipinski definition) is 4. The summed E-state index contributed by atoms with van der Waals surface area (Å²) in [5.74, 6) is 0.551. The molecule has 1 aliphatic rings. The van der Waals surface area contributed by atoms with Crippen LogP contribution in [0.1, 0.15) is 18.5 Å². The Morgan fingerprint density at radius 2 is 2.41 bits per heavy atom. The molecule has 0 bridgehead atoms. The smallest absolute Gasteiger partial charge is 0.234 e. The highest BCUT2D eigenvalue weighted by molar-refractivity contribution is 8.00. The fraction of sp³-hybridized carbons (Fsp3) is 0.417. The summed E-state index contributed by atoms with van der Waals surface area (Å²) in [6.45, 7) is 3.71. The van der Waals surface area contributed by atoms with Gasteiger partial charge in [0.1, 0.15) is 0 Å². The fourth-order valence-corrected chi connectivity index (χ4v) is 2.54. The maximum absolute atomic E-state index is 11.3. The van der Waals surface area contributed by atoms with E-state index in [2.05, 4.69) is 17.6 Å². The van der Waals surface area contributed by atoms with Gasteiger partial charge in [-0.2, -0.15) is 0 Å². The predicted molar refractivity (Wildman–Crippen MR) is 71.3 cm³/mol. The lowest BCUT2D eigenvalue weighted by Gasteiger charge is -2.19. The molecule has 2 rings (SSSR count). The van der Waals surface area contributed by atoms with Gasteiger partial charge in [-0.05, 0) is 24.2 Å². The van der Waals surface area contributed by atoms with E-state index in [-0.39, 0.29) is 11.9 Å². The number of likely N-dealkylation sites (N-methyl/N-ethyl adjacent to an activating group) is 1. The highest BCUT2D eigenvalue weighted by Crippen LogP contribution is 2.32. The number of nitrogens with one attached hydrogen (secondary N) is 2. The largest absolute Gasteiger partial charge is 0.324 e. The van der Waals surface area contributed by atoms with Gasteiger partial charge < -0.3 is 16.4 Å². The Morgan fingerprint density at radius 3 is 3.18 bits per heavy atom. The predicted octanol–water partition coefficient (Wildman–Crippen LogP) is 1.34. The summed E-state index contributed by atoms with van der Waals surface area (Å²) >= 11 is 1.57. The van der Waals surface area contributed by atoms with Crippen LogP contribution in [-0.4, -0.2) is 24.7 Å². The van der Waals surface area contributed by atoms with Gasteiger partial charge in [0.2, 0.25) is 5.91 Å². The summed E-state index contributed by atoms with van der Waals surface area (Å²) in [6, 6.07) is 6.00. The molecule has 1 heterocycles. The number of carbonyl (C=O) groups excluding carboxylic acids is 1. The summed E-state index contributed by atoms with van der Waals surface area (Å²) in [5, 5.41) is 6.09. The van der Waals surface area contributed by atoms with Crippen molar-refractivity contribution in [3.8, 4) is 0 Å². The van der Waals surface area contributed by atoms with E-state index in [4.69, 9.17) is 5.73 Å². The molecule has 0 aliphatic carbocycles. The van der Waals surface area contributed by atoms with Crippen LogP contribution in [0.2, 0.25) is 0 Å². The van der Waals surface area contributed by atoms with Gasteiger partial charge >= 0.3 is 0 Å². The number of thioether (sulfide) groups is 1. The summed E-state index contributed by atoms with van der Waals surface area (Å²) in [5.41, 5.74) is 8.00. The van der Waals surface area contributed by atoms with Crippen LogP contribution >= 0.6 is 11.8 Å². The van der Waals surface area contributed by atoms with Crippen molar-refractivity contribution in [3.63, 3.8) is 0 Å². The van der Waals surface area contributed by atoms with Crippen LogP contribution in [0.15, 0.2) is 23.1 Å². The van der Waals surface area contributed by atoms with E-state index in [1.54, 1.807) is 11.8 Å². The number of nitrogens with two attached hydrogens (primary N) is 1.